The molecule has 2 heteroatoms. The fraction of sp³-hybridized carbons (Fsp3) is 0.600. The molecule has 2 rings (SSSR count). The Morgan fingerprint density at radius 1 is 1.29 bits per heavy atom. The SMILES string of the molecule is Cc1ccc(N2CCCCCC2C)c(CN)c1. The summed E-state index contributed by atoms with van der Waals surface area (Å²) in [5.74, 6) is 0. The number of hydrogen-bond acceptors (Lipinski definition) is 2. The van der Waals surface area contributed by atoms with Crippen molar-refractivity contribution in [3.63, 3.8) is 0 Å². The van der Waals surface area contributed by atoms with Gasteiger partial charge in [0.05, 0.1) is 0 Å². The Morgan fingerprint density at radius 2 is 2.12 bits per heavy atom. The quantitative estimate of drug-likeness (QED) is 0.848. The molecule has 2 nitrogen and oxygen atoms in total. The fourth-order valence-corrected chi connectivity index (χ4v) is 2.79. The van der Waals surface area contributed by atoms with Gasteiger partial charge < -0.3 is 10.6 Å². The van der Waals surface area contributed by atoms with Crippen molar-refractivity contribution in [2.24, 2.45) is 5.73 Å². The van der Waals surface area contributed by atoms with E-state index in [-0.39, 0.29) is 0 Å². The molecule has 1 aliphatic heterocycles. The van der Waals surface area contributed by atoms with Crippen molar-refractivity contribution in [3.8, 4) is 0 Å². The van der Waals surface area contributed by atoms with E-state index in [4.69, 9.17) is 5.73 Å². The molecule has 0 aliphatic carbocycles. The van der Waals surface area contributed by atoms with Gasteiger partial charge in [-0.15, -0.1) is 0 Å². The Labute approximate surface area is 105 Å². The Morgan fingerprint density at radius 3 is 2.88 bits per heavy atom. The maximum absolute atomic E-state index is 5.88. The smallest absolute Gasteiger partial charge is 0.0414 e. The highest BCUT2D eigenvalue weighted by molar-refractivity contribution is 5.55. The van der Waals surface area contributed by atoms with E-state index in [1.165, 1.54) is 49.0 Å². The Bertz CT molecular complexity index is 373. The van der Waals surface area contributed by atoms with E-state index in [1.54, 1.807) is 0 Å². The zero-order valence-electron chi connectivity index (χ0n) is 11.1. The van der Waals surface area contributed by atoms with E-state index >= 15 is 0 Å². The van der Waals surface area contributed by atoms with E-state index in [1.807, 2.05) is 0 Å². The number of nitrogens with two attached hydrogens (primary N) is 1. The van der Waals surface area contributed by atoms with E-state index in [9.17, 15) is 0 Å². The molecule has 0 aromatic heterocycles. The van der Waals surface area contributed by atoms with Gasteiger partial charge in [-0.3, -0.25) is 0 Å². The number of nitrogens with zero attached hydrogens (tertiary/aromatic N) is 1. The molecule has 1 saturated heterocycles. The van der Waals surface area contributed by atoms with Gasteiger partial charge in [-0.25, -0.2) is 0 Å². The number of aryl methyl sites for hydroxylation is 1. The Balaban J connectivity index is 2.30. The summed E-state index contributed by atoms with van der Waals surface area (Å²) in [4.78, 5) is 2.55. The van der Waals surface area contributed by atoms with Crippen LogP contribution in [0.15, 0.2) is 18.2 Å². The molecule has 94 valence electrons. The molecule has 0 radical (unpaired) electrons. The third-order valence-corrected chi connectivity index (χ3v) is 3.82. The number of hydrogen-bond donors (Lipinski definition) is 1. The molecule has 2 N–H and O–H groups in total. The predicted octanol–water partition coefficient (Wildman–Crippen LogP) is 3.22. The van der Waals surface area contributed by atoms with Crippen molar-refractivity contribution in [2.75, 3.05) is 11.4 Å². The van der Waals surface area contributed by atoms with Crippen LogP contribution in [0.5, 0.6) is 0 Å². The highest BCUT2D eigenvalue weighted by Crippen LogP contribution is 2.27. The molecule has 17 heavy (non-hydrogen) atoms. The lowest BCUT2D eigenvalue weighted by atomic mass is 10.1. The van der Waals surface area contributed by atoms with Gasteiger partial charge in [-0.1, -0.05) is 30.5 Å². The van der Waals surface area contributed by atoms with Crippen molar-refractivity contribution >= 4 is 5.69 Å². The fourth-order valence-electron chi connectivity index (χ4n) is 2.79. The molecule has 0 bridgehead atoms. The predicted molar refractivity (Wildman–Crippen MR) is 74.3 cm³/mol. The second-order valence-corrected chi connectivity index (χ2v) is 5.23. The molecule has 1 aliphatic rings. The lowest BCUT2D eigenvalue weighted by molar-refractivity contribution is 0.614. The third kappa shape index (κ3) is 2.81. The molecule has 1 fully saturated rings. The number of anilines is 1. The standard InChI is InChI=1S/C15H24N2/c1-12-7-8-15(14(10-12)11-16)17-9-5-3-4-6-13(17)2/h7-8,10,13H,3-6,9,11,16H2,1-2H3. The second-order valence-electron chi connectivity index (χ2n) is 5.23. The van der Waals surface area contributed by atoms with Crippen LogP contribution in [0.3, 0.4) is 0 Å². The van der Waals surface area contributed by atoms with Crippen molar-refractivity contribution in [3.05, 3.63) is 29.3 Å². The largest absolute Gasteiger partial charge is 0.369 e. The van der Waals surface area contributed by atoms with Gasteiger partial charge in [0, 0.05) is 24.8 Å². The molecule has 1 aromatic carbocycles. The Kier molecular flexibility index (Phi) is 4.06. The summed E-state index contributed by atoms with van der Waals surface area (Å²) in [6.45, 7) is 6.29. The minimum absolute atomic E-state index is 0.639. The first-order valence-corrected chi connectivity index (χ1v) is 6.78. The Hall–Kier alpha value is -1.02. The first-order chi connectivity index (χ1) is 8.22. The van der Waals surface area contributed by atoms with Crippen LogP contribution in [-0.4, -0.2) is 12.6 Å². The first kappa shape index (κ1) is 12.4. The molecule has 0 spiro atoms. The van der Waals surface area contributed by atoms with Gasteiger partial charge in [0.1, 0.15) is 0 Å². The van der Waals surface area contributed by atoms with Crippen LogP contribution in [0, 0.1) is 6.92 Å². The van der Waals surface area contributed by atoms with E-state index in [0.717, 1.165) is 0 Å². The summed E-state index contributed by atoms with van der Waals surface area (Å²) in [6.07, 6.45) is 5.34. The zero-order valence-corrected chi connectivity index (χ0v) is 11.1. The summed E-state index contributed by atoms with van der Waals surface area (Å²) in [6, 6.07) is 7.32. The summed E-state index contributed by atoms with van der Waals surface area (Å²) in [5, 5.41) is 0. The van der Waals surface area contributed by atoms with Crippen LogP contribution in [-0.2, 0) is 6.54 Å². The molecular formula is C15H24N2. The van der Waals surface area contributed by atoms with E-state index in [0.29, 0.717) is 12.6 Å². The molecule has 0 saturated carbocycles. The first-order valence-electron chi connectivity index (χ1n) is 6.78. The maximum atomic E-state index is 5.88. The lowest BCUT2D eigenvalue weighted by Gasteiger charge is -2.31. The van der Waals surface area contributed by atoms with Crippen LogP contribution in [0.25, 0.3) is 0 Å². The molecule has 1 heterocycles. The zero-order chi connectivity index (χ0) is 12.3. The van der Waals surface area contributed by atoms with Crippen LogP contribution in [0.4, 0.5) is 5.69 Å². The van der Waals surface area contributed by atoms with Gasteiger partial charge >= 0.3 is 0 Å². The maximum Gasteiger partial charge on any atom is 0.0414 e. The highest BCUT2D eigenvalue weighted by Gasteiger charge is 2.19. The van der Waals surface area contributed by atoms with Crippen LogP contribution >= 0.6 is 0 Å². The van der Waals surface area contributed by atoms with Gasteiger partial charge in [0.2, 0.25) is 0 Å². The van der Waals surface area contributed by atoms with Crippen molar-refractivity contribution in [1.82, 2.24) is 0 Å². The monoisotopic (exact) mass is 232 g/mol. The minimum atomic E-state index is 0.639. The highest BCUT2D eigenvalue weighted by atomic mass is 15.2. The van der Waals surface area contributed by atoms with Crippen LogP contribution < -0.4 is 10.6 Å². The van der Waals surface area contributed by atoms with Crippen molar-refractivity contribution in [1.29, 1.82) is 0 Å². The van der Waals surface area contributed by atoms with E-state index < -0.39 is 0 Å². The van der Waals surface area contributed by atoms with Crippen molar-refractivity contribution in [2.45, 2.75) is 52.1 Å². The average Bonchev–Trinajstić information content (AvgIpc) is 2.54. The van der Waals surface area contributed by atoms with Crippen LogP contribution in [0.1, 0.15) is 43.7 Å². The minimum Gasteiger partial charge on any atom is -0.369 e. The van der Waals surface area contributed by atoms with Gasteiger partial charge in [-0.2, -0.15) is 0 Å². The normalized spacial score (nSPS) is 21.4. The molecular weight excluding hydrogens is 208 g/mol. The van der Waals surface area contributed by atoms with Crippen molar-refractivity contribution < 1.29 is 0 Å². The summed E-state index contributed by atoms with van der Waals surface area (Å²) < 4.78 is 0. The molecule has 1 aromatic rings. The van der Waals surface area contributed by atoms with Gasteiger partial charge in [-0.05, 0) is 38.3 Å². The number of benzene rings is 1. The van der Waals surface area contributed by atoms with Gasteiger partial charge in [0.15, 0.2) is 0 Å². The molecule has 1 atom stereocenters. The van der Waals surface area contributed by atoms with Crippen LogP contribution in [0.2, 0.25) is 0 Å². The topological polar surface area (TPSA) is 29.3 Å². The molecule has 1 unspecified atom stereocenters. The lowest BCUT2D eigenvalue weighted by Crippen LogP contribution is -2.33. The average molecular weight is 232 g/mol. The van der Waals surface area contributed by atoms with Gasteiger partial charge in [0.25, 0.3) is 0 Å². The summed E-state index contributed by atoms with van der Waals surface area (Å²) in [7, 11) is 0. The summed E-state index contributed by atoms with van der Waals surface area (Å²) in [5.41, 5.74) is 9.83. The molecule has 0 amide bonds. The van der Waals surface area contributed by atoms with E-state index in [2.05, 4.69) is 36.9 Å². The third-order valence-electron chi connectivity index (χ3n) is 3.82. The number of rotatable bonds is 2. The second kappa shape index (κ2) is 5.54. The summed E-state index contributed by atoms with van der Waals surface area (Å²) >= 11 is 0.